The van der Waals surface area contributed by atoms with Crippen LogP contribution in [-0.2, 0) is 23.8 Å². The van der Waals surface area contributed by atoms with Crippen LogP contribution in [0.3, 0.4) is 0 Å². The lowest BCUT2D eigenvalue weighted by Crippen LogP contribution is -2.60. The Hall–Kier alpha value is -2.90. The molecule has 368 valence electrons. The fourth-order valence-electron chi connectivity index (χ4n) is 7.13. The first-order valence-corrected chi connectivity index (χ1v) is 25.2. The molecule has 1 saturated heterocycles. The van der Waals surface area contributed by atoms with E-state index in [1.165, 1.54) is 70.6 Å². The summed E-state index contributed by atoms with van der Waals surface area (Å²) in [6.45, 7) is 4.10. The van der Waals surface area contributed by atoms with Crippen LogP contribution in [0, 0.1) is 0 Å². The third-order valence-electron chi connectivity index (χ3n) is 11.3. The molecule has 1 amide bonds. The van der Waals surface area contributed by atoms with Gasteiger partial charge in [0.15, 0.2) is 6.29 Å². The standard InChI is InChI=1S/C53H91NO10/c1-3-5-7-9-11-13-15-20-23-27-31-35-39-46(56)45(44-63-53-52(61)51(60)50(59)47(43-55)64-53)54-48(57)40-36-32-28-24-21-17-16-18-22-26-30-34-38-42-62-49(58)41-37-33-29-25-19-14-12-10-8-6-4-2/h9-12,17,20-21,23,28,32,35,39,45-47,50-53,55-56,59-61H,3-8,13-16,18-19,22,24-27,29-31,33-34,36-38,40-44H2,1-2H3,(H,54,57)/b11-9+,12-10-,21-17-,23-20+,32-28-,39-35+. The van der Waals surface area contributed by atoms with Crippen molar-refractivity contribution < 1.29 is 49.3 Å². The van der Waals surface area contributed by atoms with Crippen molar-refractivity contribution in [3.05, 3.63) is 72.9 Å². The number of nitrogens with one attached hydrogen (secondary N) is 1. The molecule has 1 fully saturated rings. The number of hydrogen-bond acceptors (Lipinski definition) is 10. The molecule has 11 nitrogen and oxygen atoms in total. The van der Waals surface area contributed by atoms with Crippen LogP contribution in [0.5, 0.6) is 0 Å². The molecule has 1 rings (SSSR count). The first-order chi connectivity index (χ1) is 31.2. The Balaban J connectivity index is 2.28. The molecule has 0 aromatic heterocycles. The summed E-state index contributed by atoms with van der Waals surface area (Å²) < 4.78 is 16.6. The Kier molecular flexibility index (Phi) is 39.5. The number of aliphatic hydroxyl groups is 5. The molecule has 1 heterocycles. The quantitative estimate of drug-likeness (QED) is 0.0197. The molecule has 7 unspecified atom stereocenters. The van der Waals surface area contributed by atoms with Crippen molar-refractivity contribution in [2.24, 2.45) is 0 Å². The molecule has 7 atom stereocenters. The molecule has 0 spiro atoms. The highest BCUT2D eigenvalue weighted by Gasteiger charge is 2.44. The van der Waals surface area contributed by atoms with E-state index in [0.29, 0.717) is 25.9 Å². The van der Waals surface area contributed by atoms with Gasteiger partial charge in [-0.1, -0.05) is 157 Å². The van der Waals surface area contributed by atoms with Gasteiger partial charge >= 0.3 is 5.97 Å². The molecule has 0 aromatic rings. The Morgan fingerprint density at radius 3 is 1.67 bits per heavy atom. The van der Waals surface area contributed by atoms with E-state index in [0.717, 1.165) is 77.0 Å². The van der Waals surface area contributed by atoms with Crippen LogP contribution in [0.2, 0.25) is 0 Å². The van der Waals surface area contributed by atoms with Crippen molar-refractivity contribution >= 4 is 11.9 Å². The van der Waals surface area contributed by atoms with Gasteiger partial charge in [0.05, 0.1) is 32.0 Å². The Labute approximate surface area is 388 Å². The van der Waals surface area contributed by atoms with Gasteiger partial charge in [-0.2, -0.15) is 0 Å². The highest BCUT2D eigenvalue weighted by atomic mass is 16.7. The molecule has 6 N–H and O–H groups in total. The van der Waals surface area contributed by atoms with E-state index in [9.17, 15) is 35.1 Å². The predicted octanol–water partition coefficient (Wildman–Crippen LogP) is 10.1. The molecule has 64 heavy (non-hydrogen) atoms. The van der Waals surface area contributed by atoms with Crippen molar-refractivity contribution in [3.8, 4) is 0 Å². The van der Waals surface area contributed by atoms with Crippen LogP contribution in [-0.4, -0.2) is 100 Å². The van der Waals surface area contributed by atoms with Gasteiger partial charge in [-0.15, -0.1) is 0 Å². The largest absolute Gasteiger partial charge is 0.466 e. The lowest BCUT2D eigenvalue weighted by Gasteiger charge is -2.40. The summed E-state index contributed by atoms with van der Waals surface area (Å²) in [6.07, 6.45) is 44.2. The number of carbonyl (C=O) groups is 2. The van der Waals surface area contributed by atoms with Crippen molar-refractivity contribution in [1.82, 2.24) is 5.32 Å². The number of esters is 1. The van der Waals surface area contributed by atoms with E-state index >= 15 is 0 Å². The summed E-state index contributed by atoms with van der Waals surface area (Å²) in [4.78, 5) is 24.9. The normalized spacial score (nSPS) is 20.5. The van der Waals surface area contributed by atoms with E-state index in [-0.39, 0.29) is 24.9 Å². The van der Waals surface area contributed by atoms with Gasteiger partial charge in [0, 0.05) is 12.8 Å². The lowest BCUT2D eigenvalue weighted by atomic mass is 9.99. The maximum atomic E-state index is 12.9. The molecule has 0 aliphatic carbocycles. The van der Waals surface area contributed by atoms with E-state index in [1.54, 1.807) is 6.08 Å². The van der Waals surface area contributed by atoms with Crippen molar-refractivity contribution in [2.45, 2.75) is 230 Å². The minimum Gasteiger partial charge on any atom is -0.466 e. The summed E-state index contributed by atoms with van der Waals surface area (Å²) in [5.41, 5.74) is 0. The molecule has 1 aliphatic rings. The number of allylic oxidation sites excluding steroid dienone is 11. The summed E-state index contributed by atoms with van der Waals surface area (Å²) in [5.74, 6) is -0.335. The number of unbranched alkanes of at least 4 members (excludes halogenated alkanes) is 17. The molecule has 0 radical (unpaired) electrons. The number of ether oxygens (including phenoxy) is 3. The average Bonchev–Trinajstić information content (AvgIpc) is 3.29. The minimum absolute atomic E-state index is 0.0539. The van der Waals surface area contributed by atoms with E-state index in [1.807, 2.05) is 18.2 Å². The van der Waals surface area contributed by atoms with Crippen LogP contribution >= 0.6 is 0 Å². The number of carbonyl (C=O) groups excluding carboxylic acids is 2. The number of amides is 1. The smallest absolute Gasteiger partial charge is 0.305 e. The summed E-state index contributed by atoms with van der Waals surface area (Å²) in [7, 11) is 0. The van der Waals surface area contributed by atoms with Gasteiger partial charge in [0.2, 0.25) is 5.91 Å². The molecular weight excluding hydrogens is 811 g/mol. The van der Waals surface area contributed by atoms with Crippen LogP contribution in [0.15, 0.2) is 72.9 Å². The molecular formula is C53H91NO10. The number of hydrogen-bond donors (Lipinski definition) is 6. The second-order valence-corrected chi connectivity index (χ2v) is 17.1. The fourth-order valence-corrected chi connectivity index (χ4v) is 7.13. The van der Waals surface area contributed by atoms with Gasteiger partial charge in [0.25, 0.3) is 0 Å². The van der Waals surface area contributed by atoms with Crippen LogP contribution in [0.1, 0.15) is 187 Å². The zero-order valence-electron chi connectivity index (χ0n) is 40.0. The van der Waals surface area contributed by atoms with Gasteiger partial charge in [-0.05, 0) is 89.9 Å². The highest BCUT2D eigenvalue weighted by Crippen LogP contribution is 2.22. The SMILES string of the molecule is CCCC/C=C\CCCCCCCC(=O)OCCCCCCCC/C=C\C/C=C\CCC(=O)NC(COC1OC(CO)C(O)C(O)C1O)C(O)/C=C/CC/C=C/CC/C=C/CCCC. The summed E-state index contributed by atoms with van der Waals surface area (Å²) in [5, 5.41) is 54.0. The average molecular weight is 902 g/mol. The van der Waals surface area contributed by atoms with Gasteiger partial charge in [-0.3, -0.25) is 9.59 Å². The second kappa shape index (κ2) is 42.7. The summed E-state index contributed by atoms with van der Waals surface area (Å²) in [6, 6.07) is -0.879. The molecule has 0 saturated carbocycles. The Morgan fingerprint density at radius 1 is 0.578 bits per heavy atom. The number of rotatable bonds is 41. The fraction of sp³-hybridized carbons (Fsp3) is 0.736. The van der Waals surface area contributed by atoms with Crippen LogP contribution in [0.4, 0.5) is 0 Å². The molecule has 0 aromatic carbocycles. The second-order valence-electron chi connectivity index (χ2n) is 17.1. The van der Waals surface area contributed by atoms with Crippen molar-refractivity contribution in [2.75, 3.05) is 19.8 Å². The first-order valence-electron chi connectivity index (χ1n) is 25.2. The maximum Gasteiger partial charge on any atom is 0.305 e. The minimum atomic E-state index is -1.60. The monoisotopic (exact) mass is 902 g/mol. The Bertz CT molecular complexity index is 1290. The molecule has 11 heteroatoms. The maximum absolute atomic E-state index is 12.9. The van der Waals surface area contributed by atoms with Gasteiger partial charge < -0.3 is 45.1 Å². The third-order valence-corrected chi connectivity index (χ3v) is 11.3. The van der Waals surface area contributed by atoms with Crippen molar-refractivity contribution in [3.63, 3.8) is 0 Å². The zero-order chi connectivity index (χ0) is 46.7. The van der Waals surface area contributed by atoms with Gasteiger partial charge in [0.1, 0.15) is 24.4 Å². The summed E-state index contributed by atoms with van der Waals surface area (Å²) >= 11 is 0. The van der Waals surface area contributed by atoms with E-state index in [2.05, 4.69) is 67.8 Å². The van der Waals surface area contributed by atoms with Gasteiger partial charge in [-0.25, -0.2) is 0 Å². The van der Waals surface area contributed by atoms with Crippen LogP contribution < -0.4 is 5.32 Å². The van der Waals surface area contributed by atoms with E-state index in [4.69, 9.17) is 14.2 Å². The topological polar surface area (TPSA) is 175 Å². The number of aliphatic hydroxyl groups excluding tert-OH is 5. The highest BCUT2D eigenvalue weighted by molar-refractivity contribution is 5.76. The molecule has 0 bridgehead atoms. The molecule has 1 aliphatic heterocycles. The Morgan fingerprint density at radius 2 is 1.08 bits per heavy atom. The van der Waals surface area contributed by atoms with Crippen molar-refractivity contribution in [1.29, 1.82) is 0 Å². The van der Waals surface area contributed by atoms with Crippen LogP contribution in [0.25, 0.3) is 0 Å². The third kappa shape index (κ3) is 32.7. The lowest BCUT2D eigenvalue weighted by molar-refractivity contribution is -0.302. The van der Waals surface area contributed by atoms with E-state index < -0.39 is 49.5 Å². The first kappa shape index (κ1) is 59.1. The zero-order valence-corrected chi connectivity index (χ0v) is 40.0. The predicted molar refractivity (Wildman–Crippen MR) is 259 cm³/mol.